The lowest BCUT2D eigenvalue weighted by atomic mass is 10.4. The smallest absolute Gasteiger partial charge is 0.145 e. The molecule has 0 saturated carbocycles. The van der Waals surface area contributed by atoms with Crippen molar-refractivity contribution in [3.8, 4) is 0 Å². The van der Waals surface area contributed by atoms with Crippen molar-refractivity contribution in [2.24, 2.45) is 0 Å². The van der Waals surface area contributed by atoms with E-state index in [1.54, 1.807) is 6.33 Å². The maximum absolute atomic E-state index is 4.26. The fourth-order valence-corrected chi connectivity index (χ4v) is 1.93. The Kier molecular flexibility index (Phi) is 5.24. The third-order valence-electron chi connectivity index (χ3n) is 2.01. The van der Waals surface area contributed by atoms with Gasteiger partial charge in [-0.1, -0.05) is 13.8 Å². The summed E-state index contributed by atoms with van der Waals surface area (Å²) in [6, 6.07) is 0.530. The molecule has 1 N–H and O–H groups in total. The Morgan fingerprint density at radius 1 is 1.53 bits per heavy atom. The first-order valence-electron chi connectivity index (χ1n) is 5.01. The van der Waals surface area contributed by atoms with E-state index >= 15 is 0 Å². The van der Waals surface area contributed by atoms with Gasteiger partial charge in [-0.15, -0.1) is 0 Å². The highest BCUT2D eigenvalue weighted by Crippen LogP contribution is 2.15. The maximum atomic E-state index is 4.26. The Bertz CT molecular complexity index is 303. The quantitative estimate of drug-likeness (QED) is 0.835. The van der Waals surface area contributed by atoms with Crippen LogP contribution in [-0.4, -0.2) is 36.1 Å². The average Bonchev–Trinajstić information content (AvgIpc) is 2.17. The molecule has 1 heterocycles. The van der Waals surface area contributed by atoms with Gasteiger partial charge in [0, 0.05) is 32.4 Å². The van der Waals surface area contributed by atoms with Gasteiger partial charge >= 0.3 is 0 Å². The second-order valence-corrected chi connectivity index (χ2v) is 4.89. The Morgan fingerprint density at radius 2 is 2.27 bits per heavy atom. The fourth-order valence-electron chi connectivity index (χ4n) is 1.21. The van der Waals surface area contributed by atoms with E-state index in [2.05, 4.69) is 56.6 Å². The Labute approximate surface area is 105 Å². The maximum Gasteiger partial charge on any atom is 0.145 e. The van der Waals surface area contributed by atoms with Crippen molar-refractivity contribution >= 4 is 28.4 Å². The highest BCUT2D eigenvalue weighted by molar-refractivity contribution is 14.1. The van der Waals surface area contributed by atoms with Crippen LogP contribution in [0.15, 0.2) is 12.5 Å². The second kappa shape index (κ2) is 6.22. The average molecular weight is 320 g/mol. The molecule has 84 valence electrons. The van der Waals surface area contributed by atoms with E-state index in [0.29, 0.717) is 6.04 Å². The number of halogens is 1. The Hall–Kier alpha value is -0.430. The molecule has 0 unspecified atom stereocenters. The molecular weight excluding hydrogens is 303 g/mol. The van der Waals surface area contributed by atoms with Crippen LogP contribution in [0.25, 0.3) is 0 Å². The number of anilines is 1. The standard InChI is InChI=1S/C10H17IN4/c1-8(2)13-4-5-15(3)10-9(11)6-12-7-14-10/h6-8,13H,4-5H2,1-3H3. The van der Waals surface area contributed by atoms with E-state index in [-0.39, 0.29) is 0 Å². The molecule has 0 amide bonds. The van der Waals surface area contributed by atoms with Gasteiger partial charge in [-0.25, -0.2) is 9.97 Å². The lowest BCUT2D eigenvalue weighted by Crippen LogP contribution is -2.33. The van der Waals surface area contributed by atoms with E-state index < -0.39 is 0 Å². The first kappa shape index (κ1) is 12.6. The molecule has 0 saturated heterocycles. The zero-order valence-corrected chi connectivity index (χ0v) is 11.5. The minimum absolute atomic E-state index is 0.530. The van der Waals surface area contributed by atoms with Crippen LogP contribution in [0.4, 0.5) is 5.82 Å². The molecule has 5 heteroatoms. The van der Waals surface area contributed by atoms with Gasteiger partial charge in [0.25, 0.3) is 0 Å². The second-order valence-electron chi connectivity index (χ2n) is 3.72. The number of hydrogen-bond acceptors (Lipinski definition) is 4. The molecule has 0 aliphatic carbocycles. The molecule has 0 aliphatic rings. The van der Waals surface area contributed by atoms with Crippen LogP contribution in [0, 0.1) is 3.57 Å². The first-order chi connectivity index (χ1) is 7.11. The van der Waals surface area contributed by atoms with Crippen molar-refractivity contribution in [1.82, 2.24) is 15.3 Å². The number of likely N-dealkylation sites (N-methyl/N-ethyl adjacent to an activating group) is 1. The van der Waals surface area contributed by atoms with Crippen molar-refractivity contribution in [3.63, 3.8) is 0 Å². The summed E-state index contributed by atoms with van der Waals surface area (Å²) in [6.45, 7) is 6.21. The van der Waals surface area contributed by atoms with Crippen molar-refractivity contribution in [2.45, 2.75) is 19.9 Å². The van der Waals surface area contributed by atoms with E-state index in [9.17, 15) is 0 Å². The molecular formula is C10H17IN4. The Balaban J connectivity index is 2.47. The number of rotatable bonds is 5. The van der Waals surface area contributed by atoms with Crippen LogP contribution < -0.4 is 10.2 Å². The van der Waals surface area contributed by atoms with Gasteiger partial charge in [0.1, 0.15) is 12.1 Å². The molecule has 0 aliphatic heterocycles. The summed E-state index contributed by atoms with van der Waals surface area (Å²) in [5.74, 6) is 0.996. The third kappa shape index (κ3) is 4.29. The largest absolute Gasteiger partial charge is 0.357 e. The summed E-state index contributed by atoms with van der Waals surface area (Å²) in [4.78, 5) is 10.4. The van der Waals surface area contributed by atoms with Crippen molar-refractivity contribution in [1.29, 1.82) is 0 Å². The van der Waals surface area contributed by atoms with Gasteiger partial charge in [-0.3, -0.25) is 0 Å². The number of nitrogens with zero attached hydrogens (tertiary/aromatic N) is 3. The molecule has 0 bridgehead atoms. The van der Waals surface area contributed by atoms with Crippen LogP contribution in [0.5, 0.6) is 0 Å². The van der Waals surface area contributed by atoms with Crippen LogP contribution in [0.2, 0.25) is 0 Å². The summed E-state index contributed by atoms with van der Waals surface area (Å²) in [6.07, 6.45) is 3.42. The molecule has 0 fully saturated rings. The lowest BCUT2D eigenvalue weighted by molar-refractivity contribution is 0.588. The predicted molar refractivity (Wildman–Crippen MR) is 71.2 cm³/mol. The molecule has 1 rings (SSSR count). The summed E-state index contributed by atoms with van der Waals surface area (Å²) >= 11 is 2.25. The van der Waals surface area contributed by atoms with Gasteiger partial charge < -0.3 is 10.2 Å². The van der Waals surface area contributed by atoms with E-state index in [0.717, 1.165) is 22.5 Å². The molecule has 0 aromatic carbocycles. The van der Waals surface area contributed by atoms with Gasteiger partial charge in [0.05, 0.1) is 3.57 Å². The molecule has 0 spiro atoms. The molecule has 15 heavy (non-hydrogen) atoms. The normalized spacial score (nSPS) is 10.7. The summed E-state index contributed by atoms with van der Waals surface area (Å²) in [7, 11) is 2.05. The molecule has 4 nitrogen and oxygen atoms in total. The zero-order chi connectivity index (χ0) is 11.3. The number of aromatic nitrogens is 2. The highest BCUT2D eigenvalue weighted by atomic mass is 127. The van der Waals surface area contributed by atoms with Crippen LogP contribution in [-0.2, 0) is 0 Å². The van der Waals surface area contributed by atoms with Crippen LogP contribution in [0.3, 0.4) is 0 Å². The van der Waals surface area contributed by atoms with Crippen LogP contribution in [0.1, 0.15) is 13.8 Å². The summed E-state index contributed by atoms with van der Waals surface area (Å²) < 4.78 is 1.09. The molecule has 0 atom stereocenters. The zero-order valence-electron chi connectivity index (χ0n) is 9.37. The summed E-state index contributed by atoms with van der Waals surface area (Å²) in [5.41, 5.74) is 0. The minimum atomic E-state index is 0.530. The van der Waals surface area contributed by atoms with Crippen molar-refractivity contribution in [3.05, 3.63) is 16.1 Å². The summed E-state index contributed by atoms with van der Waals surface area (Å²) in [5, 5.41) is 3.38. The van der Waals surface area contributed by atoms with Crippen molar-refractivity contribution < 1.29 is 0 Å². The topological polar surface area (TPSA) is 41.0 Å². The minimum Gasteiger partial charge on any atom is -0.357 e. The van der Waals surface area contributed by atoms with E-state index in [4.69, 9.17) is 0 Å². The lowest BCUT2D eigenvalue weighted by Gasteiger charge is -2.19. The Morgan fingerprint density at radius 3 is 2.87 bits per heavy atom. The SMILES string of the molecule is CC(C)NCCN(C)c1ncncc1I. The third-order valence-corrected chi connectivity index (χ3v) is 2.77. The monoisotopic (exact) mass is 320 g/mol. The van der Waals surface area contributed by atoms with E-state index in [1.165, 1.54) is 0 Å². The molecule has 1 aromatic rings. The highest BCUT2D eigenvalue weighted by Gasteiger charge is 2.06. The van der Waals surface area contributed by atoms with Gasteiger partial charge in [-0.2, -0.15) is 0 Å². The number of nitrogens with one attached hydrogen (secondary N) is 1. The fraction of sp³-hybridized carbons (Fsp3) is 0.600. The van der Waals surface area contributed by atoms with Crippen LogP contribution >= 0.6 is 22.6 Å². The van der Waals surface area contributed by atoms with E-state index in [1.807, 2.05) is 13.2 Å². The van der Waals surface area contributed by atoms with Crippen molar-refractivity contribution in [2.75, 3.05) is 25.0 Å². The first-order valence-corrected chi connectivity index (χ1v) is 6.09. The van der Waals surface area contributed by atoms with Gasteiger partial charge in [0.15, 0.2) is 0 Å². The van der Waals surface area contributed by atoms with Gasteiger partial charge in [-0.05, 0) is 22.6 Å². The number of hydrogen-bond donors (Lipinski definition) is 1. The molecule has 1 aromatic heterocycles. The molecule has 0 radical (unpaired) electrons. The predicted octanol–water partition coefficient (Wildman–Crippen LogP) is 1.52. The van der Waals surface area contributed by atoms with Gasteiger partial charge in [0.2, 0.25) is 0 Å².